The normalized spacial score (nSPS) is 16.9. The molecule has 0 aliphatic carbocycles. The van der Waals surface area contributed by atoms with E-state index >= 15 is 0 Å². The summed E-state index contributed by atoms with van der Waals surface area (Å²) in [6.07, 6.45) is 1.96. The molecule has 1 saturated heterocycles. The van der Waals surface area contributed by atoms with Crippen LogP contribution in [0.25, 0.3) is 0 Å². The fourth-order valence-corrected chi connectivity index (χ4v) is 2.96. The summed E-state index contributed by atoms with van der Waals surface area (Å²) in [6, 6.07) is 7.60. The van der Waals surface area contributed by atoms with Gasteiger partial charge in [0, 0.05) is 26.6 Å². The predicted molar refractivity (Wildman–Crippen MR) is 88.7 cm³/mol. The zero-order valence-corrected chi connectivity index (χ0v) is 13.9. The lowest BCUT2D eigenvalue weighted by Gasteiger charge is -2.32. The second-order valence-electron chi connectivity index (χ2n) is 6.37. The van der Waals surface area contributed by atoms with Crippen molar-refractivity contribution in [3.63, 3.8) is 0 Å². The standard InChI is InChI=1S/C18H26N2O3/c1-13-3-5-16(6-4-13)17(19-14(2)22)11-18(23)20-9-7-15(12-21)8-10-20/h3-6,15,17,21H,7-12H2,1-2H3,(H,19,22). The molecule has 1 fully saturated rings. The van der Waals surface area contributed by atoms with Crippen LogP contribution >= 0.6 is 0 Å². The van der Waals surface area contributed by atoms with E-state index in [2.05, 4.69) is 5.32 Å². The number of aryl methyl sites for hydroxylation is 1. The first kappa shape index (κ1) is 17.5. The third-order valence-electron chi connectivity index (χ3n) is 4.46. The number of nitrogens with zero attached hydrogens (tertiary/aromatic N) is 1. The van der Waals surface area contributed by atoms with Crippen LogP contribution in [-0.2, 0) is 9.59 Å². The van der Waals surface area contributed by atoms with Gasteiger partial charge in [0.05, 0.1) is 12.5 Å². The van der Waals surface area contributed by atoms with Crippen LogP contribution in [0.5, 0.6) is 0 Å². The molecule has 1 atom stereocenters. The molecule has 23 heavy (non-hydrogen) atoms. The van der Waals surface area contributed by atoms with Crippen LogP contribution in [0.1, 0.15) is 43.4 Å². The zero-order valence-electron chi connectivity index (χ0n) is 13.9. The summed E-state index contributed by atoms with van der Waals surface area (Å²) in [7, 11) is 0. The lowest BCUT2D eigenvalue weighted by molar-refractivity contribution is -0.133. The number of carbonyl (C=O) groups is 2. The van der Waals surface area contributed by atoms with Gasteiger partial charge in [0.15, 0.2) is 0 Å². The summed E-state index contributed by atoms with van der Waals surface area (Å²) in [6.45, 7) is 5.04. The van der Waals surface area contributed by atoms with Crippen LogP contribution in [0.15, 0.2) is 24.3 Å². The van der Waals surface area contributed by atoms with Crippen molar-refractivity contribution in [3.8, 4) is 0 Å². The second kappa shape index (κ2) is 8.11. The number of likely N-dealkylation sites (tertiary alicyclic amines) is 1. The maximum atomic E-state index is 12.5. The Bertz CT molecular complexity index is 534. The van der Waals surface area contributed by atoms with Gasteiger partial charge < -0.3 is 15.3 Å². The van der Waals surface area contributed by atoms with Gasteiger partial charge in [-0.1, -0.05) is 29.8 Å². The van der Waals surface area contributed by atoms with Gasteiger partial charge in [-0.3, -0.25) is 9.59 Å². The minimum atomic E-state index is -0.295. The number of piperidine rings is 1. The van der Waals surface area contributed by atoms with E-state index in [0.717, 1.165) is 24.0 Å². The van der Waals surface area contributed by atoms with Crippen LogP contribution in [0, 0.1) is 12.8 Å². The molecule has 0 saturated carbocycles. The van der Waals surface area contributed by atoms with E-state index in [0.29, 0.717) is 19.0 Å². The average molecular weight is 318 g/mol. The van der Waals surface area contributed by atoms with Crippen LogP contribution in [0.4, 0.5) is 0 Å². The van der Waals surface area contributed by atoms with E-state index in [9.17, 15) is 14.7 Å². The average Bonchev–Trinajstić information content (AvgIpc) is 2.54. The molecule has 0 bridgehead atoms. The quantitative estimate of drug-likeness (QED) is 0.869. The fourth-order valence-electron chi connectivity index (χ4n) is 2.96. The maximum Gasteiger partial charge on any atom is 0.224 e. The Kier molecular flexibility index (Phi) is 6.16. The Balaban J connectivity index is 2.01. The first-order valence-corrected chi connectivity index (χ1v) is 8.22. The van der Waals surface area contributed by atoms with Crippen LogP contribution < -0.4 is 5.32 Å². The van der Waals surface area contributed by atoms with Gasteiger partial charge in [0.1, 0.15) is 0 Å². The van der Waals surface area contributed by atoms with Gasteiger partial charge in [-0.25, -0.2) is 0 Å². The van der Waals surface area contributed by atoms with Crippen LogP contribution in [0.2, 0.25) is 0 Å². The van der Waals surface area contributed by atoms with E-state index in [1.807, 2.05) is 36.1 Å². The smallest absolute Gasteiger partial charge is 0.224 e. The first-order valence-electron chi connectivity index (χ1n) is 8.22. The van der Waals surface area contributed by atoms with Crippen molar-refractivity contribution in [3.05, 3.63) is 35.4 Å². The molecular weight excluding hydrogens is 292 g/mol. The molecule has 1 aromatic carbocycles. The fraction of sp³-hybridized carbons (Fsp3) is 0.556. The highest BCUT2D eigenvalue weighted by Crippen LogP contribution is 2.22. The summed E-state index contributed by atoms with van der Waals surface area (Å²) < 4.78 is 0. The van der Waals surface area contributed by atoms with Crippen molar-refractivity contribution in [2.45, 2.75) is 39.2 Å². The Hall–Kier alpha value is -1.88. The summed E-state index contributed by atoms with van der Waals surface area (Å²) in [5.74, 6) is 0.227. The van der Waals surface area contributed by atoms with Gasteiger partial charge >= 0.3 is 0 Å². The summed E-state index contributed by atoms with van der Waals surface area (Å²) in [5, 5.41) is 12.1. The van der Waals surface area contributed by atoms with Crippen molar-refractivity contribution in [2.75, 3.05) is 19.7 Å². The number of benzene rings is 1. The van der Waals surface area contributed by atoms with Crippen molar-refractivity contribution in [1.29, 1.82) is 0 Å². The Morgan fingerprint density at radius 2 is 1.87 bits per heavy atom. The number of carbonyl (C=O) groups excluding carboxylic acids is 2. The summed E-state index contributed by atoms with van der Waals surface area (Å²) in [5.41, 5.74) is 2.09. The summed E-state index contributed by atoms with van der Waals surface area (Å²) >= 11 is 0. The lowest BCUT2D eigenvalue weighted by Crippen LogP contribution is -2.41. The molecule has 0 radical (unpaired) electrons. The molecule has 0 spiro atoms. The van der Waals surface area contributed by atoms with Gasteiger partial charge in [-0.15, -0.1) is 0 Å². The SMILES string of the molecule is CC(=O)NC(CC(=O)N1CCC(CO)CC1)c1ccc(C)cc1. The van der Waals surface area contributed by atoms with Gasteiger partial charge in [-0.05, 0) is 31.2 Å². The number of aliphatic hydroxyl groups excluding tert-OH is 1. The predicted octanol–water partition coefficient (Wildman–Crippen LogP) is 1.79. The highest BCUT2D eigenvalue weighted by atomic mass is 16.3. The van der Waals surface area contributed by atoms with Gasteiger partial charge in [-0.2, -0.15) is 0 Å². The minimum Gasteiger partial charge on any atom is -0.396 e. The molecule has 2 amide bonds. The number of hydrogen-bond acceptors (Lipinski definition) is 3. The molecule has 1 aliphatic heterocycles. The highest BCUT2D eigenvalue weighted by molar-refractivity contribution is 5.79. The Morgan fingerprint density at radius 3 is 2.39 bits per heavy atom. The molecule has 2 N–H and O–H groups in total. The maximum absolute atomic E-state index is 12.5. The Labute approximate surface area is 137 Å². The third-order valence-corrected chi connectivity index (χ3v) is 4.46. The van der Waals surface area contributed by atoms with Crippen molar-refractivity contribution >= 4 is 11.8 Å². The number of nitrogens with one attached hydrogen (secondary N) is 1. The van der Waals surface area contributed by atoms with Crippen molar-refractivity contribution < 1.29 is 14.7 Å². The number of aliphatic hydroxyl groups is 1. The largest absolute Gasteiger partial charge is 0.396 e. The molecule has 5 heteroatoms. The third kappa shape index (κ3) is 5.06. The number of hydrogen-bond donors (Lipinski definition) is 2. The highest BCUT2D eigenvalue weighted by Gasteiger charge is 2.25. The zero-order chi connectivity index (χ0) is 16.8. The first-order chi connectivity index (χ1) is 11.0. The molecule has 5 nitrogen and oxygen atoms in total. The van der Waals surface area contributed by atoms with Crippen LogP contribution in [-0.4, -0.2) is 41.5 Å². The van der Waals surface area contributed by atoms with E-state index in [4.69, 9.17) is 0 Å². The van der Waals surface area contributed by atoms with E-state index in [-0.39, 0.29) is 30.9 Å². The van der Waals surface area contributed by atoms with E-state index in [1.165, 1.54) is 6.92 Å². The van der Waals surface area contributed by atoms with Crippen molar-refractivity contribution in [1.82, 2.24) is 10.2 Å². The molecule has 126 valence electrons. The molecule has 1 aliphatic rings. The minimum absolute atomic E-state index is 0.0562. The van der Waals surface area contributed by atoms with E-state index in [1.54, 1.807) is 0 Å². The molecule has 1 heterocycles. The number of amides is 2. The monoisotopic (exact) mass is 318 g/mol. The van der Waals surface area contributed by atoms with E-state index < -0.39 is 0 Å². The lowest BCUT2D eigenvalue weighted by atomic mass is 9.96. The number of rotatable bonds is 5. The van der Waals surface area contributed by atoms with Crippen LogP contribution in [0.3, 0.4) is 0 Å². The summed E-state index contributed by atoms with van der Waals surface area (Å²) in [4.78, 5) is 25.9. The van der Waals surface area contributed by atoms with Gasteiger partial charge in [0.2, 0.25) is 11.8 Å². The molecule has 0 aromatic heterocycles. The topological polar surface area (TPSA) is 69.6 Å². The van der Waals surface area contributed by atoms with Gasteiger partial charge in [0.25, 0.3) is 0 Å². The van der Waals surface area contributed by atoms with Crippen molar-refractivity contribution in [2.24, 2.45) is 5.92 Å². The second-order valence-corrected chi connectivity index (χ2v) is 6.37. The molecule has 2 rings (SSSR count). The molecular formula is C18H26N2O3. The molecule has 1 aromatic rings. The molecule has 1 unspecified atom stereocenters. The Morgan fingerprint density at radius 1 is 1.26 bits per heavy atom.